The van der Waals surface area contributed by atoms with E-state index in [0.717, 1.165) is 11.1 Å². The highest BCUT2D eigenvalue weighted by Crippen LogP contribution is 2.10. The molecule has 2 aromatic rings. The van der Waals surface area contributed by atoms with Crippen LogP contribution in [0.1, 0.15) is 31.9 Å². The van der Waals surface area contributed by atoms with Crippen LogP contribution in [0, 0.1) is 0 Å². The minimum Gasteiger partial charge on any atom is -0.444 e. The van der Waals surface area contributed by atoms with E-state index < -0.39 is 35.6 Å². The van der Waals surface area contributed by atoms with E-state index in [0.29, 0.717) is 0 Å². The van der Waals surface area contributed by atoms with Crippen LogP contribution in [0.5, 0.6) is 0 Å². The van der Waals surface area contributed by atoms with Gasteiger partial charge in [-0.15, -0.1) is 0 Å². The molecule has 0 unspecified atom stereocenters. The predicted molar refractivity (Wildman–Crippen MR) is 115 cm³/mol. The summed E-state index contributed by atoms with van der Waals surface area (Å²) in [4.78, 5) is 37.2. The molecule has 0 spiro atoms. The van der Waals surface area contributed by atoms with Crippen LogP contribution in [0.15, 0.2) is 60.7 Å². The first kappa shape index (κ1) is 22.9. The van der Waals surface area contributed by atoms with Crippen LogP contribution in [-0.2, 0) is 27.2 Å². The lowest BCUT2D eigenvalue weighted by atomic mass is 10.0. The molecule has 2 atom stereocenters. The predicted octanol–water partition coefficient (Wildman–Crippen LogP) is 2.34. The fraction of sp³-hybridized carbons (Fsp3) is 0.348. The van der Waals surface area contributed by atoms with Gasteiger partial charge in [0.25, 0.3) is 0 Å². The number of nitrogens with one attached hydrogen (secondary N) is 2. The van der Waals surface area contributed by atoms with E-state index in [1.54, 1.807) is 20.8 Å². The van der Waals surface area contributed by atoms with Crippen molar-refractivity contribution in [3.63, 3.8) is 0 Å². The molecule has 160 valence electrons. The van der Waals surface area contributed by atoms with Gasteiger partial charge in [0.05, 0.1) is 0 Å². The van der Waals surface area contributed by atoms with Gasteiger partial charge >= 0.3 is 6.09 Å². The van der Waals surface area contributed by atoms with Crippen LogP contribution in [-0.4, -0.2) is 35.6 Å². The maximum atomic E-state index is 13.0. The van der Waals surface area contributed by atoms with E-state index in [1.165, 1.54) is 0 Å². The van der Waals surface area contributed by atoms with E-state index in [2.05, 4.69) is 10.6 Å². The normalized spacial score (nSPS) is 13.0. The number of carbonyl (C=O) groups excluding carboxylic acids is 3. The summed E-state index contributed by atoms with van der Waals surface area (Å²) >= 11 is 0. The fourth-order valence-electron chi connectivity index (χ4n) is 2.85. The number of benzene rings is 2. The summed E-state index contributed by atoms with van der Waals surface area (Å²) in [7, 11) is 0. The summed E-state index contributed by atoms with van der Waals surface area (Å²) < 4.78 is 5.28. The lowest BCUT2D eigenvalue weighted by Gasteiger charge is -2.25. The first-order valence-corrected chi connectivity index (χ1v) is 9.81. The van der Waals surface area contributed by atoms with E-state index >= 15 is 0 Å². The van der Waals surface area contributed by atoms with Crippen molar-refractivity contribution < 1.29 is 19.1 Å². The summed E-state index contributed by atoms with van der Waals surface area (Å²) in [6.07, 6.45) is -0.216. The number of nitrogens with two attached hydrogens (primary N) is 1. The monoisotopic (exact) mass is 411 g/mol. The first-order valence-electron chi connectivity index (χ1n) is 9.81. The van der Waals surface area contributed by atoms with E-state index in [1.807, 2.05) is 60.7 Å². The van der Waals surface area contributed by atoms with Gasteiger partial charge in [-0.05, 0) is 31.9 Å². The number of amides is 3. The molecule has 0 heterocycles. The van der Waals surface area contributed by atoms with Gasteiger partial charge < -0.3 is 21.1 Å². The molecule has 0 aliphatic rings. The van der Waals surface area contributed by atoms with Crippen molar-refractivity contribution in [1.29, 1.82) is 0 Å². The molecule has 0 saturated heterocycles. The molecule has 4 N–H and O–H groups in total. The summed E-state index contributed by atoms with van der Waals surface area (Å²) in [5, 5.41) is 5.27. The van der Waals surface area contributed by atoms with E-state index in [4.69, 9.17) is 10.5 Å². The Morgan fingerprint density at radius 3 is 1.73 bits per heavy atom. The van der Waals surface area contributed by atoms with Crippen LogP contribution in [0.3, 0.4) is 0 Å². The van der Waals surface area contributed by atoms with Crippen molar-refractivity contribution in [3.05, 3.63) is 71.8 Å². The highest BCUT2D eigenvalue weighted by atomic mass is 16.6. The number of primary amides is 1. The number of alkyl carbamates (subject to hydrolysis) is 1. The van der Waals surface area contributed by atoms with E-state index in [9.17, 15) is 14.4 Å². The quantitative estimate of drug-likeness (QED) is 0.619. The Morgan fingerprint density at radius 1 is 0.833 bits per heavy atom. The molecular weight excluding hydrogens is 382 g/mol. The average Bonchev–Trinajstić information content (AvgIpc) is 2.67. The molecule has 30 heavy (non-hydrogen) atoms. The Balaban J connectivity index is 2.14. The fourth-order valence-corrected chi connectivity index (χ4v) is 2.85. The number of rotatable bonds is 8. The third kappa shape index (κ3) is 7.95. The third-order valence-electron chi connectivity index (χ3n) is 4.23. The Hall–Kier alpha value is -3.35. The van der Waals surface area contributed by atoms with Crippen molar-refractivity contribution in [2.45, 2.75) is 51.3 Å². The standard InChI is InChI=1S/C23H29N3O4/c1-23(2,3)30-22(29)26-19(15-17-12-8-5-9-13-17)21(28)25-18(20(24)27)14-16-10-6-4-7-11-16/h4-13,18-19H,14-15H2,1-3H3,(H2,24,27)(H,25,28)(H,26,29)/t18-,19+/m1/s1. The minimum atomic E-state index is -0.931. The summed E-state index contributed by atoms with van der Waals surface area (Å²) in [5.41, 5.74) is 6.51. The molecular formula is C23H29N3O4. The lowest BCUT2D eigenvalue weighted by molar-refractivity contribution is -0.128. The van der Waals surface area contributed by atoms with Crippen LogP contribution in [0.25, 0.3) is 0 Å². The van der Waals surface area contributed by atoms with Gasteiger partial charge in [0.15, 0.2) is 0 Å². The van der Waals surface area contributed by atoms with Crippen LogP contribution < -0.4 is 16.4 Å². The van der Waals surface area contributed by atoms with Gasteiger partial charge in [-0.1, -0.05) is 60.7 Å². The zero-order valence-corrected chi connectivity index (χ0v) is 17.6. The molecule has 0 aliphatic heterocycles. The van der Waals surface area contributed by atoms with Gasteiger partial charge in [-0.2, -0.15) is 0 Å². The molecule has 0 bridgehead atoms. The molecule has 0 radical (unpaired) electrons. The van der Waals surface area contributed by atoms with Crippen molar-refractivity contribution in [1.82, 2.24) is 10.6 Å². The molecule has 0 fully saturated rings. The molecule has 2 rings (SSSR count). The molecule has 2 aromatic carbocycles. The second-order valence-electron chi connectivity index (χ2n) is 8.04. The highest BCUT2D eigenvalue weighted by Gasteiger charge is 2.28. The van der Waals surface area contributed by atoms with Crippen molar-refractivity contribution in [2.75, 3.05) is 0 Å². The Labute approximate surface area is 177 Å². The van der Waals surface area contributed by atoms with Crippen LogP contribution in [0.4, 0.5) is 4.79 Å². The second kappa shape index (κ2) is 10.4. The summed E-state index contributed by atoms with van der Waals surface area (Å²) in [5.74, 6) is -1.16. The van der Waals surface area contributed by atoms with Gasteiger partial charge in [0.2, 0.25) is 11.8 Å². The molecule has 7 heteroatoms. The molecule has 0 aromatic heterocycles. The number of hydrogen-bond acceptors (Lipinski definition) is 4. The largest absolute Gasteiger partial charge is 0.444 e. The maximum Gasteiger partial charge on any atom is 0.408 e. The SMILES string of the molecule is CC(C)(C)OC(=O)N[C@@H](Cc1ccccc1)C(=O)N[C@H](Cc1ccccc1)C(N)=O. The van der Waals surface area contributed by atoms with Crippen molar-refractivity contribution in [3.8, 4) is 0 Å². The number of hydrogen-bond donors (Lipinski definition) is 3. The Morgan fingerprint density at radius 2 is 1.30 bits per heavy atom. The third-order valence-corrected chi connectivity index (χ3v) is 4.23. The van der Waals surface area contributed by atoms with Gasteiger partial charge in [-0.3, -0.25) is 9.59 Å². The molecule has 0 aliphatic carbocycles. The molecule has 7 nitrogen and oxygen atoms in total. The molecule has 0 saturated carbocycles. The summed E-state index contributed by atoms with van der Waals surface area (Å²) in [6, 6.07) is 16.7. The topological polar surface area (TPSA) is 111 Å². The minimum absolute atomic E-state index is 0.239. The zero-order chi connectivity index (χ0) is 22.1. The Bertz CT molecular complexity index is 848. The first-order chi connectivity index (χ1) is 14.1. The highest BCUT2D eigenvalue weighted by molar-refractivity contribution is 5.91. The van der Waals surface area contributed by atoms with Gasteiger partial charge in [0.1, 0.15) is 17.7 Å². The number of carbonyl (C=O) groups is 3. The van der Waals surface area contributed by atoms with Crippen molar-refractivity contribution in [2.24, 2.45) is 5.73 Å². The molecule has 3 amide bonds. The lowest BCUT2D eigenvalue weighted by Crippen LogP contribution is -2.54. The second-order valence-corrected chi connectivity index (χ2v) is 8.04. The zero-order valence-electron chi connectivity index (χ0n) is 17.6. The Kier molecular flexibility index (Phi) is 7.98. The average molecular weight is 412 g/mol. The van der Waals surface area contributed by atoms with E-state index in [-0.39, 0.29) is 12.8 Å². The van der Waals surface area contributed by atoms with Gasteiger partial charge in [-0.25, -0.2) is 4.79 Å². The van der Waals surface area contributed by atoms with Crippen LogP contribution in [0.2, 0.25) is 0 Å². The van der Waals surface area contributed by atoms with Crippen molar-refractivity contribution >= 4 is 17.9 Å². The smallest absolute Gasteiger partial charge is 0.408 e. The van der Waals surface area contributed by atoms with Gasteiger partial charge in [0, 0.05) is 12.8 Å². The summed E-state index contributed by atoms with van der Waals surface area (Å²) in [6.45, 7) is 5.21. The maximum absolute atomic E-state index is 13.0. The van der Waals surface area contributed by atoms with Crippen LogP contribution >= 0.6 is 0 Å². The number of ether oxygens (including phenoxy) is 1.